The van der Waals surface area contributed by atoms with Gasteiger partial charge in [-0.2, -0.15) is 12.7 Å². The fourth-order valence-corrected chi connectivity index (χ4v) is 4.14. The van der Waals surface area contributed by atoms with Crippen LogP contribution < -0.4 is 5.14 Å². The summed E-state index contributed by atoms with van der Waals surface area (Å²) in [5, 5.41) is 8.09. The van der Waals surface area contributed by atoms with Crippen molar-refractivity contribution in [2.45, 2.75) is 39.2 Å². The van der Waals surface area contributed by atoms with Gasteiger partial charge in [0.15, 0.2) is 0 Å². The van der Waals surface area contributed by atoms with Gasteiger partial charge in [0.2, 0.25) is 5.91 Å². The fourth-order valence-electron chi connectivity index (χ4n) is 2.81. The van der Waals surface area contributed by atoms with Gasteiger partial charge >= 0.3 is 0 Å². The summed E-state index contributed by atoms with van der Waals surface area (Å²) in [4.78, 5) is 18.9. The Kier molecular flexibility index (Phi) is 6.12. The van der Waals surface area contributed by atoms with Crippen molar-refractivity contribution in [3.63, 3.8) is 0 Å². The maximum Gasteiger partial charge on any atom is 0.276 e. The van der Waals surface area contributed by atoms with E-state index in [1.54, 1.807) is 17.5 Å². The smallest absolute Gasteiger partial charge is 0.276 e. The van der Waals surface area contributed by atoms with E-state index >= 15 is 0 Å². The van der Waals surface area contributed by atoms with Crippen LogP contribution in [0.4, 0.5) is 0 Å². The van der Waals surface area contributed by atoms with Gasteiger partial charge in [-0.05, 0) is 26.7 Å². The molecular formula is C14H24N4O3S2. The molecule has 0 unspecified atom stereocenters. The van der Waals surface area contributed by atoms with Gasteiger partial charge in [0.25, 0.3) is 10.2 Å². The number of aromatic nitrogens is 1. The quantitative estimate of drug-likeness (QED) is 0.813. The lowest BCUT2D eigenvalue weighted by atomic mass is 9.96. The van der Waals surface area contributed by atoms with Crippen molar-refractivity contribution >= 4 is 27.5 Å². The third-order valence-corrected chi connectivity index (χ3v) is 6.04. The molecular weight excluding hydrogens is 336 g/mol. The monoisotopic (exact) mass is 360 g/mol. The van der Waals surface area contributed by atoms with Gasteiger partial charge in [-0.25, -0.2) is 10.1 Å². The highest BCUT2D eigenvalue weighted by Crippen LogP contribution is 2.22. The standard InChI is InChI=1S/C14H24N4O3S2/c1-11(2)18(9-5-13-16-6-10-22-13)14(19)12-3-7-17(8-4-12)23(15,20)21/h6,10-12H,3-5,7-9H2,1-2H3,(H2,15,20,21). The van der Waals surface area contributed by atoms with E-state index < -0.39 is 10.2 Å². The van der Waals surface area contributed by atoms with Gasteiger partial charge in [-0.15, -0.1) is 11.3 Å². The molecule has 2 N–H and O–H groups in total. The number of amides is 1. The van der Waals surface area contributed by atoms with Crippen LogP contribution in [0.3, 0.4) is 0 Å². The highest BCUT2D eigenvalue weighted by atomic mass is 32.2. The Labute approximate surface area is 141 Å². The van der Waals surface area contributed by atoms with E-state index in [2.05, 4.69) is 4.98 Å². The van der Waals surface area contributed by atoms with Crippen molar-refractivity contribution in [1.82, 2.24) is 14.2 Å². The zero-order valence-corrected chi connectivity index (χ0v) is 15.1. The Bertz CT molecular complexity index is 608. The van der Waals surface area contributed by atoms with E-state index in [-0.39, 0.29) is 17.9 Å². The first-order valence-electron chi connectivity index (χ1n) is 7.75. The molecule has 130 valence electrons. The van der Waals surface area contributed by atoms with Gasteiger partial charge in [0.05, 0.1) is 5.01 Å². The van der Waals surface area contributed by atoms with E-state index in [0.717, 1.165) is 11.4 Å². The van der Waals surface area contributed by atoms with Crippen molar-refractivity contribution in [1.29, 1.82) is 0 Å². The largest absolute Gasteiger partial charge is 0.340 e. The zero-order valence-electron chi connectivity index (χ0n) is 13.5. The summed E-state index contributed by atoms with van der Waals surface area (Å²) in [5.41, 5.74) is 0. The van der Waals surface area contributed by atoms with Gasteiger partial charge in [0.1, 0.15) is 0 Å². The lowest BCUT2D eigenvalue weighted by molar-refractivity contribution is -0.138. The number of nitrogens with two attached hydrogens (primary N) is 1. The lowest BCUT2D eigenvalue weighted by Gasteiger charge is -2.34. The molecule has 7 nitrogen and oxygen atoms in total. The number of hydrogen-bond acceptors (Lipinski definition) is 5. The zero-order chi connectivity index (χ0) is 17.0. The summed E-state index contributed by atoms with van der Waals surface area (Å²) in [6.07, 6.45) is 3.56. The fraction of sp³-hybridized carbons (Fsp3) is 0.714. The average molecular weight is 361 g/mol. The van der Waals surface area contributed by atoms with E-state index in [4.69, 9.17) is 5.14 Å². The average Bonchev–Trinajstić information content (AvgIpc) is 2.99. The first-order valence-corrected chi connectivity index (χ1v) is 10.1. The Balaban J connectivity index is 1.93. The van der Waals surface area contributed by atoms with E-state index in [1.807, 2.05) is 24.1 Å². The summed E-state index contributed by atoms with van der Waals surface area (Å²) in [5.74, 6) is -0.0303. The molecule has 0 bridgehead atoms. The summed E-state index contributed by atoms with van der Waals surface area (Å²) >= 11 is 1.59. The molecule has 1 saturated heterocycles. The van der Waals surface area contributed by atoms with Gasteiger partial charge in [-0.1, -0.05) is 0 Å². The molecule has 0 spiro atoms. The summed E-state index contributed by atoms with van der Waals surface area (Å²) in [7, 11) is -3.65. The molecule has 2 heterocycles. The van der Waals surface area contributed by atoms with E-state index in [9.17, 15) is 13.2 Å². The van der Waals surface area contributed by atoms with Crippen LogP contribution in [-0.4, -0.2) is 54.2 Å². The third-order valence-electron chi connectivity index (χ3n) is 4.12. The van der Waals surface area contributed by atoms with Crippen molar-refractivity contribution in [3.8, 4) is 0 Å². The minimum Gasteiger partial charge on any atom is -0.340 e. The minimum atomic E-state index is -3.65. The van der Waals surface area contributed by atoms with Crippen molar-refractivity contribution < 1.29 is 13.2 Å². The molecule has 1 fully saturated rings. The molecule has 1 aromatic heterocycles. The van der Waals surface area contributed by atoms with Crippen LogP contribution in [-0.2, 0) is 21.4 Å². The van der Waals surface area contributed by atoms with Crippen molar-refractivity contribution in [2.75, 3.05) is 19.6 Å². The van der Waals surface area contributed by atoms with Crippen LogP contribution >= 0.6 is 11.3 Å². The van der Waals surface area contributed by atoms with Crippen LogP contribution in [0.25, 0.3) is 0 Å². The van der Waals surface area contributed by atoms with Crippen LogP contribution in [0.1, 0.15) is 31.7 Å². The summed E-state index contributed by atoms with van der Waals surface area (Å²) in [6.45, 7) is 5.26. The molecule has 2 rings (SSSR count). The first-order chi connectivity index (χ1) is 10.8. The predicted octanol–water partition coefficient (Wildman–Crippen LogP) is 0.838. The highest BCUT2D eigenvalue weighted by molar-refractivity contribution is 7.86. The molecule has 1 aliphatic rings. The van der Waals surface area contributed by atoms with Crippen LogP contribution in [0.5, 0.6) is 0 Å². The van der Waals surface area contributed by atoms with Crippen molar-refractivity contribution in [2.24, 2.45) is 11.1 Å². The molecule has 1 amide bonds. The minimum absolute atomic E-state index is 0.102. The number of carbonyl (C=O) groups excluding carboxylic acids is 1. The predicted molar refractivity (Wildman–Crippen MR) is 90.1 cm³/mol. The molecule has 23 heavy (non-hydrogen) atoms. The van der Waals surface area contributed by atoms with Gasteiger partial charge < -0.3 is 4.90 Å². The van der Waals surface area contributed by atoms with Gasteiger partial charge in [-0.3, -0.25) is 4.79 Å². The second kappa shape index (κ2) is 7.69. The lowest BCUT2D eigenvalue weighted by Crippen LogP contribution is -2.48. The van der Waals surface area contributed by atoms with E-state index in [1.165, 1.54) is 4.31 Å². The number of thiazole rings is 1. The number of nitrogens with zero attached hydrogens (tertiary/aromatic N) is 3. The maximum absolute atomic E-state index is 12.8. The highest BCUT2D eigenvalue weighted by Gasteiger charge is 2.32. The van der Waals surface area contributed by atoms with Gasteiger partial charge in [0, 0.05) is 49.6 Å². The molecule has 0 aromatic carbocycles. The number of rotatable bonds is 6. The number of carbonyl (C=O) groups is 1. The second-order valence-corrected chi connectivity index (χ2v) is 8.54. The van der Waals surface area contributed by atoms with Crippen LogP contribution in [0.15, 0.2) is 11.6 Å². The molecule has 1 aromatic rings. The molecule has 0 atom stereocenters. The Morgan fingerprint density at radius 3 is 2.61 bits per heavy atom. The van der Waals surface area contributed by atoms with Crippen LogP contribution in [0, 0.1) is 5.92 Å². The Morgan fingerprint density at radius 2 is 2.13 bits per heavy atom. The number of piperidine rings is 1. The Morgan fingerprint density at radius 1 is 1.48 bits per heavy atom. The SMILES string of the molecule is CC(C)N(CCc1nccs1)C(=O)C1CCN(S(N)(=O)=O)CC1. The third kappa shape index (κ3) is 4.97. The summed E-state index contributed by atoms with van der Waals surface area (Å²) < 4.78 is 23.9. The topological polar surface area (TPSA) is 96.6 Å². The molecule has 0 saturated carbocycles. The second-order valence-electron chi connectivity index (χ2n) is 6.02. The maximum atomic E-state index is 12.8. The first kappa shape index (κ1) is 18.3. The molecule has 9 heteroatoms. The molecule has 0 aliphatic carbocycles. The molecule has 0 radical (unpaired) electrons. The number of hydrogen-bond donors (Lipinski definition) is 1. The summed E-state index contributed by atoms with van der Waals surface area (Å²) in [6, 6.07) is 0.110. The van der Waals surface area contributed by atoms with E-state index in [0.29, 0.717) is 32.5 Å². The van der Waals surface area contributed by atoms with Crippen molar-refractivity contribution in [3.05, 3.63) is 16.6 Å². The van der Waals surface area contributed by atoms with Crippen LogP contribution in [0.2, 0.25) is 0 Å². The molecule has 1 aliphatic heterocycles. The normalized spacial score (nSPS) is 17.6. The Hall–Kier alpha value is -1.03.